The molecule has 1 aromatic carbocycles. The second-order valence-corrected chi connectivity index (χ2v) is 5.18. The highest BCUT2D eigenvalue weighted by Gasteiger charge is 2.08. The van der Waals surface area contributed by atoms with Gasteiger partial charge in [0.25, 0.3) is 0 Å². The van der Waals surface area contributed by atoms with Crippen LogP contribution in [0.4, 0.5) is 4.79 Å². The van der Waals surface area contributed by atoms with E-state index in [2.05, 4.69) is 20.9 Å². The van der Waals surface area contributed by atoms with Crippen molar-refractivity contribution in [2.45, 2.75) is 6.92 Å². The Morgan fingerprint density at radius 3 is 2.86 bits per heavy atom. The van der Waals surface area contributed by atoms with Crippen LogP contribution in [0.15, 0.2) is 30.5 Å². The summed E-state index contributed by atoms with van der Waals surface area (Å²) in [6, 6.07) is 7.90. The van der Waals surface area contributed by atoms with E-state index in [1.807, 2.05) is 37.3 Å². The lowest BCUT2D eigenvalue weighted by Crippen LogP contribution is -2.46. The van der Waals surface area contributed by atoms with Crippen molar-refractivity contribution >= 4 is 12.1 Å². The molecule has 1 aliphatic heterocycles. The van der Waals surface area contributed by atoms with Gasteiger partial charge in [-0.2, -0.15) is 0 Å². The van der Waals surface area contributed by atoms with Crippen molar-refractivity contribution in [3.05, 3.63) is 41.6 Å². The van der Waals surface area contributed by atoms with Crippen LogP contribution in [0.1, 0.15) is 11.1 Å². The molecule has 2 amide bonds. The fourth-order valence-electron chi connectivity index (χ4n) is 2.29. The average Bonchev–Trinajstić information content (AvgIpc) is 2.50. The fraction of sp³-hybridized carbons (Fsp3) is 0.438. The molecule has 0 aromatic heterocycles. The number of carbonyl (C=O) groups is 1. The minimum Gasteiger partial charge on any atom is -0.337 e. The van der Waals surface area contributed by atoms with Gasteiger partial charge in [0, 0.05) is 45.5 Å². The Bertz CT molecular complexity index is 481. The maximum atomic E-state index is 11.7. The van der Waals surface area contributed by atoms with Crippen LogP contribution in [0.25, 0.3) is 6.08 Å². The maximum absolute atomic E-state index is 11.7. The number of piperazine rings is 1. The number of nitrogens with zero attached hydrogens (tertiary/aromatic N) is 1. The van der Waals surface area contributed by atoms with Crippen LogP contribution in [-0.4, -0.2) is 50.2 Å². The van der Waals surface area contributed by atoms with Crippen molar-refractivity contribution in [1.29, 1.82) is 0 Å². The van der Waals surface area contributed by atoms with E-state index in [4.69, 9.17) is 0 Å². The van der Waals surface area contributed by atoms with E-state index >= 15 is 0 Å². The largest absolute Gasteiger partial charge is 0.337 e. The lowest BCUT2D eigenvalue weighted by atomic mass is 10.1. The number of urea groups is 1. The highest BCUT2D eigenvalue weighted by molar-refractivity contribution is 5.75. The van der Waals surface area contributed by atoms with Gasteiger partial charge in [0.15, 0.2) is 0 Å². The molecule has 1 saturated heterocycles. The molecule has 1 aliphatic rings. The van der Waals surface area contributed by atoms with E-state index in [0.717, 1.165) is 38.3 Å². The zero-order valence-electron chi connectivity index (χ0n) is 12.6. The van der Waals surface area contributed by atoms with E-state index in [0.29, 0.717) is 6.54 Å². The van der Waals surface area contributed by atoms with Crippen LogP contribution in [-0.2, 0) is 0 Å². The first kappa shape index (κ1) is 15.5. The van der Waals surface area contributed by atoms with Crippen molar-refractivity contribution < 1.29 is 4.79 Å². The minimum atomic E-state index is -0.157. The van der Waals surface area contributed by atoms with Gasteiger partial charge in [-0.25, -0.2) is 4.79 Å². The second-order valence-electron chi connectivity index (χ2n) is 5.18. The summed E-state index contributed by atoms with van der Waals surface area (Å²) in [5.74, 6) is 0. The highest BCUT2D eigenvalue weighted by Crippen LogP contribution is 2.07. The number of carbonyl (C=O) groups excluding carboxylic acids is 1. The van der Waals surface area contributed by atoms with E-state index in [-0.39, 0.29) is 6.03 Å². The molecular weight excluding hydrogens is 264 g/mol. The Morgan fingerprint density at radius 2 is 2.10 bits per heavy atom. The standard InChI is InChI=1S/C16H24N4O/c1-14-4-2-3-5-15(14)6-7-18-16(21)19-10-13-20-11-8-17-9-12-20/h2-7,17H,8-13H2,1H3,(H2,18,19,21)/b7-6+. The first-order valence-electron chi connectivity index (χ1n) is 7.45. The van der Waals surface area contributed by atoms with Gasteiger partial charge in [-0.15, -0.1) is 0 Å². The van der Waals surface area contributed by atoms with Crippen molar-refractivity contribution in [1.82, 2.24) is 20.9 Å². The normalized spacial score (nSPS) is 16.0. The summed E-state index contributed by atoms with van der Waals surface area (Å²) < 4.78 is 0. The predicted octanol–water partition coefficient (Wildman–Crippen LogP) is 1.17. The molecular formula is C16H24N4O. The fourth-order valence-corrected chi connectivity index (χ4v) is 2.29. The molecule has 0 bridgehead atoms. The average molecular weight is 288 g/mol. The predicted molar refractivity (Wildman–Crippen MR) is 86.1 cm³/mol. The maximum Gasteiger partial charge on any atom is 0.318 e. The summed E-state index contributed by atoms with van der Waals surface area (Å²) in [5, 5.41) is 8.91. The van der Waals surface area contributed by atoms with Crippen LogP contribution in [0, 0.1) is 6.92 Å². The highest BCUT2D eigenvalue weighted by atomic mass is 16.2. The molecule has 1 heterocycles. The van der Waals surface area contributed by atoms with Gasteiger partial charge in [0.05, 0.1) is 0 Å². The zero-order valence-corrected chi connectivity index (χ0v) is 12.6. The van der Waals surface area contributed by atoms with E-state index in [9.17, 15) is 4.79 Å². The summed E-state index contributed by atoms with van der Waals surface area (Å²) in [4.78, 5) is 14.0. The number of amides is 2. The molecule has 1 aromatic rings. The molecule has 0 unspecified atom stereocenters. The first-order chi connectivity index (χ1) is 10.3. The third-order valence-electron chi connectivity index (χ3n) is 3.59. The van der Waals surface area contributed by atoms with Crippen LogP contribution >= 0.6 is 0 Å². The molecule has 3 N–H and O–H groups in total. The number of hydrogen-bond acceptors (Lipinski definition) is 3. The van der Waals surface area contributed by atoms with Gasteiger partial charge in [-0.05, 0) is 24.1 Å². The molecule has 114 valence electrons. The summed E-state index contributed by atoms with van der Waals surface area (Å²) in [6.07, 6.45) is 3.59. The molecule has 21 heavy (non-hydrogen) atoms. The quantitative estimate of drug-likeness (QED) is 0.762. The lowest BCUT2D eigenvalue weighted by molar-refractivity contribution is 0.229. The van der Waals surface area contributed by atoms with Crippen LogP contribution in [0.3, 0.4) is 0 Å². The van der Waals surface area contributed by atoms with E-state index in [1.165, 1.54) is 5.56 Å². The van der Waals surface area contributed by atoms with Gasteiger partial charge in [0.1, 0.15) is 0 Å². The van der Waals surface area contributed by atoms with Crippen molar-refractivity contribution in [3.8, 4) is 0 Å². The van der Waals surface area contributed by atoms with Crippen LogP contribution in [0.5, 0.6) is 0 Å². The van der Waals surface area contributed by atoms with Gasteiger partial charge < -0.3 is 16.0 Å². The number of nitrogens with one attached hydrogen (secondary N) is 3. The summed E-state index contributed by atoms with van der Waals surface area (Å²) in [7, 11) is 0. The molecule has 0 saturated carbocycles. The van der Waals surface area contributed by atoms with Crippen molar-refractivity contribution in [3.63, 3.8) is 0 Å². The number of aryl methyl sites for hydroxylation is 1. The Labute approximate surface area is 126 Å². The van der Waals surface area contributed by atoms with Crippen LogP contribution in [0.2, 0.25) is 0 Å². The Morgan fingerprint density at radius 1 is 1.33 bits per heavy atom. The third kappa shape index (κ3) is 5.57. The van der Waals surface area contributed by atoms with E-state index in [1.54, 1.807) is 6.20 Å². The molecule has 5 heteroatoms. The number of benzene rings is 1. The summed E-state index contributed by atoms with van der Waals surface area (Å²) >= 11 is 0. The summed E-state index contributed by atoms with van der Waals surface area (Å²) in [6.45, 7) is 7.79. The Kier molecular flexibility index (Phi) is 6.24. The number of hydrogen-bond donors (Lipinski definition) is 3. The molecule has 0 spiro atoms. The Hall–Kier alpha value is -1.85. The lowest BCUT2D eigenvalue weighted by Gasteiger charge is -2.26. The second kappa shape index (κ2) is 8.44. The van der Waals surface area contributed by atoms with Gasteiger partial charge in [-0.3, -0.25) is 4.90 Å². The van der Waals surface area contributed by atoms with Gasteiger partial charge >= 0.3 is 6.03 Å². The summed E-state index contributed by atoms with van der Waals surface area (Å²) in [5.41, 5.74) is 2.30. The SMILES string of the molecule is Cc1ccccc1/C=C/NC(=O)NCCN1CCNCC1. The molecule has 0 aliphatic carbocycles. The molecule has 0 atom stereocenters. The first-order valence-corrected chi connectivity index (χ1v) is 7.45. The van der Waals surface area contributed by atoms with Crippen molar-refractivity contribution in [2.24, 2.45) is 0 Å². The molecule has 0 radical (unpaired) electrons. The van der Waals surface area contributed by atoms with Crippen molar-refractivity contribution in [2.75, 3.05) is 39.3 Å². The molecule has 1 fully saturated rings. The van der Waals surface area contributed by atoms with Crippen LogP contribution < -0.4 is 16.0 Å². The molecule has 2 rings (SSSR count). The third-order valence-corrected chi connectivity index (χ3v) is 3.59. The minimum absolute atomic E-state index is 0.157. The Balaban J connectivity index is 1.64. The zero-order chi connectivity index (χ0) is 14.9. The molecule has 5 nitrogen and oxygen atoms in total. The number of rotatable bonds is 5. The van der Waals surface area contributed by atoms with Gasteiger partial charge in [-0.1, -0.05) is 24.3 Å². The van der Waals surface area contributed by atoms with Gasteiger partial charge in [0.2, 0.25) is 0 Å². The van der Waals surface area contributed by atoms with E-state index < -0.39 is 0 Å². The topological polar surface area (TPSA) is 56.4 Å². The smallest absolute Gasteiger partial charge is 0.318 e. The monoisotopic (exact) mass is 288 g/mol.